The van der Waals surface area contributed by atoms with Gasteiger partial charge in [0.25, 0.3) is 0 Å². The summed E-state index contributed by atoms with van der Waals surface area (Å²) in [6, 6.07) is 13.9. The van der Waals surface area contributed by atoms with Gasteiger partial charge in [0.1, 0.15) is 11.6 Å². The van der Waals surface area contributed by atoms with Gasteiger partial charge in [0.05, 0.1) is 5.56 Å². The predicted octanol–water partition coefficient (Wildman–Crippen LogP) is 6.00. The van der Waals surface area contributed by atoms with Crippen LogP contribution in [0.15, 0.2) is 48.5 Å². The first kappa shape index (κ1) is 19.4. The summed E-state index contributed by atoms with van der Waals surface area (Å²) in [5.41, 5.74) is 6.15. The molecule has 0 heterocycles. The largest absolute Gasteiger partial charge is 0.207 e. The molecule has 0 radical (unpaired) electrons. The lowest BCUT2D eigenvalue weighted by Gasteiger charge is -2.04. The van der Waals surface area contributed by atoms with Gasteiger partial charge in [0.15, 0.2) is 0 Å². The van der Waals surface area contributed by atoms with Crippen LogP contribution in [0.25, 0.3) is 0 Å². The molecule has 2 heteroatoms. The highest BCUT2D eigenvalue weighted by molar-refractivity contribution is 5.55. The van der Waals surface area contributed by atoms with Gasteiger partial charge in [-0.2, -0.15) is 0 Å². The highest BCUT2D eigenvalue weighted by Crippen LogP contribution is 2.16. The molecule has 0 aliphatic rings. The van der Waals surface area contributed by atoms with Gasteiger partial charge in [-0.3, -0.25) is 0 Å². The van der Waals surface area contributed by atoms with E-state index in [1.165, 1.54) is 12.1 Å². The van der Waals surface area contributed by atoms with Crippen molar-refractivity contribution in [1.82, 2.24) is 0 Å². The van der Waals surface area contributed by atoms with Crippen molar-refractivity contribution >= 4 is 0 Å². The van der Waals surface area contributed by atoms with Crippen molar-refractivity contribution in [3.8, 4) is 23.7 Å². The minimum atomic E-state index is -0.311. The van der Waals surface area contributed by atoms with Crippen LogP contribution >= 0.6 is 0 Å². The maximum atomic E-state index is 13.9. The third kappa shape index (κ3) is 4.48. The molecule has 0 unspecified atom stereocenters. The smallest absolute Gasteiger partial charge is 0.139 e. The quantitative estimate of drug-likeness (QED) is 0.426. The molecule has 0 saturated heterocycles. The van der Waals surface area contributed by atoms with Crippen molar-refractivity contribution < 1.29 is 8.78 Å². The van der Waals surface area contributed by atoms with Crippen LogP contribution in [0.3, 0.4) is 0 Å². The van der Waals surface area contributed by atoms with E-state index in [-0.39, 0.29) is 11.6 Å². The molecule has 0 aromatic heterocycles. The summed E-state index contributed by atoms with van der Waals surface area (Å²) >= 11 is 0. The average Bonchev–Trinajstić information content (AvgIpc) is 2.63. The zero-order chi connectivity index (χ0) is 20.3. The Morgan fingerprint density at radius 2 is 1.25 bits per heavy atom. The van der Waals surface area contributed by atoms with Crippen LogP contribution in [-0.2, 0) is 0 Å². The van der Waals surface area contributed by atoms with Gasteiger partial charge in [0.2, 0.25) is 0 Å². The Morgan fingerprint density at radius 3 is 1.89 bits per heavy atom. The Balaban J connectivity index is 1.91. The summed E-state index contributed by atoms with van der Waals surface area (Å²) in [6.07, 6.45) is 0. The standard InChI is InChI=1S/C26H20F2/c1-17-5-10-23(26(28)13-17)11-8-22-14-19(3)24(20(4)15-22)12-9-21-7-6-18(2)25(27)16-21/h5-7,10,13-16H,1-4H3. The first-order valence-electron chi connectivity index (χ1n) is 9.01. The van der Waals surface area contributed by atoms with Crippen molar-refractivity contribution in [3.63, 3.8) is 0 Å². The lowest BCUT2D eigenvalue weighted by atomic mass is 9.99. The molecule has 0 aliphatic heterocycles. The summed E-state index contributed by atoms with van der Waals surface area (Å²) in [5.74, 6) is 11.5. The predicted molar refractivity (Wildman–Crippen MR) is 110 cm³/mol. The molecular weight excluding hydrogens is 350 g/mol. The SMILES string of the molecule is Cc1ccc(C#Cc2cc(C)c(C#Cc3ccc(C)c(F)c3)c(C)c2)c(F)c1. The maximum absolute atomic E-state index is 13.9. The summed E-state index contributed by atoms with van der Waals surface area (Å²) < 4.78 is 27.6. The maximum Gasteiger partial charge on any atom is 0.139 e. The van der Waals surface area contributed by atoms with E-state index in [4.69, 9.17) is 0 Å². The van der Waals surface area contributed by atoms with Crippen molar-refractivity contribution in [3.05, 3.63) is 105 Å². The van der Waals surface area contributed by atoms with Crippen LogP contribution in [0.2, 0.25) is 0 Å². The Hall–Kier alpha value is -3.36. The second kappa shape index (κ2) is 8.12. The van der Waals surface area contributed by atoms with Crippen LogP contribution in [0.4, 0.5) is 8.78 Å². The summed E-state index contributed by atoms with van der Waals surface area (Å²) in [4.78, 5) is 0. The summed E-state index contributed by atoms with van der Waals surface area (Å²) in [5, 5.41) is 0. The Bertz CT molecular complexity index is 1160. The molecule has 0 spiro atoms. The monoisotopic (exact) mass is 370 g/mol. The van der Waals surface area contributed by atoms with E-state index in [2.05, 4.69) is 23.7 Å². The second-order valence-corrected chi connectivity index (χ2v) is 6.93. The molecule has 3 aromatic carbocycles. The fourth-order valence-electron chi connectivity index (χ4n) is 2.90. The van der Waals surface area contributed by atoms with Crippen LogP contribution in [0, 0.1) is 63.0 Å². The van der Waals surface area contributed by atoms with Gasteiger partial charge < -0.3 is 0 Å². The molecule has 3 rings (SSSR count). The van der Waals surface area contributed by atoms with Gasteiger partial charge in [-0.25, -0.2) is 8.78 Å². The van der Waals surface area contributed by atoms with E-state index in [0.717, 1.165) is 27.8 Å². The summed E-state index contributed by atoms with van der Waals surface area (Å²) in [6.45, 7) is 7.50. The third-order valence-electron chi connectivity index (χ3n) is 4.50. The molecule has 0 fully saturated rings. The van der Waals surface area contributed by atoms with Crippen LogP contribution in [0.1, 0.15) is 44.5 Å². The van der Waals surface area contributed by atoms with E-state index in [9.17, 15) is 8.78 Å². The number of hydrogen-bond acceptors (Lipinski definition) is 0. The lowest BCUT2D eigenvalue weighted by molar-refractivity contribution is 0.618. The van der Waals surface area contributed by atoms with E-state index < -0.39 is 0 Å². The van der Waals surface area contributed by atoms with Gasteiger partial charge >= 0.3 is 0 Å². The Labute approximate surface area is 165 Å². The molecule has 0 N–H and O–H groups in total. The molecule has 0 nitrogen and oxygen atoms in total. The zero-order valence-corrected chi connectivity index (χ0v) is 16.4. The number of hydrogen-bond donors (Lipinski definition) is 0. The molecule has 28 heavy (non-hydrogen) atoms. The lowest BCUT2D eigenvalue weighted by Crippen LogP contribution is -1.91. The van der Waals surface area contributed by atoms with E-state index >= 15 is 0 Å². The normalized spacial score (nSPS) is 9.93. The first-order valence-corrected chi connectivity index (χ1v) is 9.01. The highest BCUT2D eigenvalue weighted by Gasteiger charge is 2.03. The van der Waals surface area contributed by atoms with Crippen LogP contribution in [0.5, 0.6) is 0 Å². The molecule has 3 aromatic rings. The van der Waals surface area contributed by atoms with Gasteiger partial charge in [-0.05, 0) is 86.3 Å². The van der Waals surface area contributed by atoms with E-state index in [0.29, 0.717) is 16.7 Å². The first-order chi connectivity index (χ1) is 13.3. The van der Waals surface area contributed by atoms with Crippen LogP contribution in [-0.4, -0.2) is 0 Å². The summed E-state index contributed by atoms with van der Waals surface area (Å²) in [7, 11) is 0. The molecule has 0 bridgehead atoms. The molecule has 0 amide bonds. The molecular formula is C26H20F2. The van der Waals surface area contributed by atoms with Crippen LogP contribution < -0.4 is 0 Å². The minimum Gasteiger partial charge on any atom is -0.207 e. The number of benzene rings is 3. The van der Waals surface area contributed by atoms with E-state index in [1.807, 2.05) is 45.0 Å². The molecule has 0 aliphatic carbocycles. The average molecular weight is 370 g/mol. The van der Waals surface area contributed by atoms with Crippen molar-refractivity contribution in [2.24, 2.45) is 0 Å². The van der Waals surface area contributed by atoms with Crippen molar-refractivity contribution in [2.45, 2.75) is 27.7 Å². The van der Waals surface area contributed by atoms with Gasteiger partial charge in [0, 0.05) is 16.7 Å². The zero-order valence-electron chi connectivity index (χ0n) is 16.4. The Kier molecular flexibility index (Phi) is 5.62. The second-order valence-electron chi connectivity index (χ2n) is 6.93. The van der Waals surface area contributed by atoms with Gasteiger partial charge in [-0.15, -0.1) is 0 Å². The topological polar surface area (TPSA) is 0 Å². The molecule has 138 valence electrons. The molecule has 0 saturated carbocycles. The van der Waals surface area contributed by atoms with Crippen molar-refractivity contribution in [2.75, 3.05) is 0 Å². The third-order valence-corrected chi connectivity index (χ3v) is 4.50. The van der Waals surface area contributed by atoms with E-state index in [1.54, 1.807) is 19.1 Å². The molecule has 0 atom stereocenters. The van der Waals surface area contributed by atoms with Crippen molar-refractivity contribution in [1.29, 1.82) is 0 Å². The minimum absolute atomic E-state index is 0.255. The number of aryl methyl sites for hydroxylation is 4. The fourth-order valence-corrected chi connectivity index (χ4v) is 2.90. The Morgan fingerprint density at radius 1 is 0.571 bits per heavy atom. The van der Waals surface area contributed by atoms with Gasteiger partial charge in [-0.1, -0.05) is 35.8 Å². The fraction of sp³-hybridized carbons (Fsp3) is 0.154. The number of halogens is 2. The number of rotatable bonds is 0. The highest BCUT2D eigenvalue weighted by atomic mass is 19.1.